The highest BCUT2D eigenvalue weighted by atomic mass is 16.5. The van der Waals surface area contributed by atoms with Crippen LogP contribution in [0.3, 0.4) is 0 Å². The first-order chi connectivity index (χ1) is 15.7. The molecule has 0 aliphatic heterocycles. The lowest BCUT2D eigenvalue weighted by atomic mass is 9.74. The van der Waals surface area contributed by atoms with Crippen molar-refractivity contribution in [1.29, 1.82) is 0 Å². The molecule has 1 fully saturated rings. The summed E-state index contributed by atoms with van der Waals surface area (Å²) < 4.78 is 11.3. The summed E-state index contributed by atoms with van der Waals surface area (Å²) in [6.45, 7) is 5.75. The van der Waals surface area contributed by atoms with E-state index in [1.54, 1.807) is 0 Å². The molecule has 1 aliphatic rings. The third-order valence-electron chi connectivity index (χ3n) is 7.05. The van der Waals surface area contributed by atoms with Crippen LogP contribution in [0.25, 0.3) is 0 Å². The van der Waals surface area contributed by atoms with Gasteiger partial charge in [0.2, 0.25) is 0 Å². The Hall–Kier alpha value is -1.51. The van der Waals surface area contributed by atoms with Crippen molar-refractivity contribution >= 4 is 5.97 Å². The third kappa shape index (κ3) is 10.9. The Morgan fingerprint density at radius 1 is 0.750 bits per heavy atom. The summed E-state index contributed by atoms with van der Waals surface area (Å²) >= 11 is 0. The number of carbonyl (C=O) groups is 1. The number of benzene rings is 1. The molecule has 0 radical (unpaired) electrons. The molecular weight excluding hydrogens is 396 g/mol. The van der Waals surface area contributed by atoms with Crippen molar-refractivity contribution in [2.75, 3.05) is 13.2 Å². The minimum Gasteiger partial charge on any atom is -0.494 e. The summed E-state index contributed by atoms with van der Waals surface area (Å²) in [4.78, 5) is 12.1. The first-order valence-corrected chi connectivity index (χ1v) is 13.6. The standard InChI is InChI=1S/C29H48O3/c1-3-5-7-9-10-15-25-16-11-12-17-26(25)18-14-24-31-28-21-19-27(20-22-28)29(30)32-23-13-8-6-4-2/h19-22,25-26H,3-18,23-24H2,1-2H3. The topological polar surface area (TPSA) is 35.5 Å². The van der Waals surface area contributed by atoms with E-state index in [9.17, 15) is 4.79 Å². The van der Waals surface area contributed by atoms with E-state index < -0.39 is 0 Å². The molecule has 1 aromatic rings. The Balaban J connectivity index is 1.62. The SMILES string of the molecule is CCCCCCCC1CCCCC1CCCOc1ccc(C(=O)OCCCCCC)cc1. The number of esters is 1. The normalized spacial score (nSPS) is 18.4. The van der Waals surface area contributed by atoms with E-state index in [0.717, 1.165) is 43.5 Å². The second kappa shape index (κ2) is 17.0. The highest BCUT2D eigenvalue weighted by Crippen LogP contribution is 2.36. The number of unbranched alkanes of at least 4 members (excludes halogenated alkanes) is 7. The van der Waals surface area contributed by atoms with Gasteiger partial charge in [-0.1, -0.05) is 97.3 Å². The lowest BCUT2D eigenvalue weighted by molar-refractivity contribution is 0.0498. The maximum atomic E-state index is 12.1. The molecule has 3 nitrogen and oxygen atoms in total. The number of hydrogen-bond acceptors (Lipinski definition) is 3. The molecule has 1 aliphatic carbocycles. The molecule has 0 saturated heterocycles. The number of carbonyl (C=O) groups excluding carboxylic acids is 1. The van der Waals surface area contributed by atoms with Crippen LogP contribution < -0.4 is 4.74 Å². The zero-order valence-electron chi connectivity index (χ0n) is 20.9. The Bertz CT molecular complexity index is 595. The average molecular weight is 445 g/mol. The maximum absolute atomic E-state index is 12.1. The lowest BCUT2D eigenvalue weighted by Crippen LogP contribution is -2.20. The van der Waals surface area contributed by atoms with Crippen LogP contribution in [-0.2, 0) is 4.74 Å². The first kappa shape index (κ1) is 26.7. The monoisotopic (exact) mass is 444 g/mol. The van der Waals surface area contributed by atoms with E-state index in [1.165, 1.54) is 83.5 Å². The Kier molecular flexibility index (Phi) is 14.2. The van der Waals surface area contributed by atoms with E-state index in [2.05, 4.69) is 13.8 Å². The molecule has 2 rings (SSSR count). The summed E-state index contributed by atoms with van der Waals surface area (Å²) in [6.07, 6.45) is 21.0. The van der Waals surface area contributed by atoms with Gasteiger partial charge in [-0.25, -0.2) is 4.79 Å². The summed E-state index contributed by atoms with van der Waals surface area (Å²) in [6, 6.07) is 7.43. The van der Waals surface area contributed by atoms with Crippen LogP contribution in [0, 0.1) is 11.8 Å². The zero-order valence-corrected chi connectivity index (χ0v) is 20.9. The number of ether oxygens (including phenoxy) is 2. The molecule has 0 N–H and O–H groups in total. The predicted octanol–water partition coefficient (Wildman–Crippen LogP) is 8.75. The van der Waals surface area contributed by atoms with Crippen LogP contribution in [0.4, 0.5) is 0 Å². The van der Waals surface area contributed by atoms with E-state index in [0.29, 0.717) is 12.2 Å². The van der Waals surface area contributed by atoms with Crippen molar-refractivity contribution in [2.45, 2.75) is 117 Å². The van der Waals surface area contributed by atoms with E-state index in [-0.39, 0.29) is 5.97 Å². The molecule has 0 bridgehead atoms. The van der Waals surface area contributed by atoms with Gasteiger partial charge in [0.15, 0.2) is 0 Å². The smallest absolute Gasteiger partial charge is 0.338 e. The summed E-state index contributed by atoms with van der Waals surface area (Å²) in [5.41, 5.74) is 0.608. The molecule has 1 saturated carbocycles. The quantitative estimate of drug-likeness (QED) is 0.178. The predicted molar refractivity (Wildman–Crippen MR) is 134 cm³/mol. The van der Waals surface area contributed by atoms with Gasteiger partial charge >= 0.3 is 5.97 Å². The molecule has 1 aromatic carbocycles. The van der Waals surface area contributed by atoms with Gasteiger partial charge in [-0.15, -0.1) is 0 Å². The number of hydrogen-bond donors (Lipinski definition) is 0. The van der Waals surface area contributed by atoms with Crippen LogP contribution in [0.5, 0.6) is 5.75 Å². The highest BCUT2D eigenvalue weighted by molar-refractivity contribution is 5.89. The van der Waals surface area contributed by atoms with Gasteiger partial charge in [-0.05, 0) is 55.4 Å². The summed E-state index contributed by atoms with van der Waals surface area (Å²) in [7, 11) is 0. The molecule has 0 amide bonds. The van der Waals surface area contributed by atoms with E-state index in [1.807, 2.05) is 24.3 Å². The van der Waals surface area contributed by atoms with Gasteiger partial charge in [-0.2, -0.15) is 0 Å². The van der Waals surface area contributed by atoms with Crippen LogP contribution >= 0.6 is 0 Å². The van der Waals surface area contributed by atoms with Crippen molar-refractivity contribution in [2.24, 2.45) is 11.8 Å². The maximum Gasteiger partial charge on any atom is 0.338 e. The van der Waals surface area contributed by atoms with Crippen molar-refractivity contribution in [1.82, 2.24) is 0 Å². The summed E-state index contributed by atoms with van der Waals surface area (Å²) in [5.74, 6) is 2.46. The molecule has 182 valence electrons. The van der Waals surface area contributed by atoms with Gasteiger partial charge in [0.1, 0.15) is 5.75 Å². The van der Waals surface area contributed by atoms with Crippen molar-refractivity contribution in [3.05, 3.63) is 29.8 Å². The fourth-order valence-corrected chi connectivity index (χ4v) is 5.05. The molecule has 3 heteroatoms. The average Bonchev–Trinajstić information content (AvgIpc) is 2.82. The van der Waals surface area contributed by atoms with Crippen molar-refractivity contribution in [3.63, 3.8) is 0 Å². The minimum absolute atomic E-state index is 0.230. The number of rotatable bonds is 17. The van der Waals surface area contributed by atoms with Crippen molar-refractivity contribution in [3.8, 4) is 5.75 Å². The van der Waals surface area contributed by atoms with E-state index >= 15 is 0 Å². The van der Waals surface area contributed by atoms with Crippen LogP contribution in [0.15, 0.2) is 24.3 Å². The second-order valence-corrected chi connectivity index (χ2v) is 9.72. The van der Waals surface area contributed by atoms with Crippen molar-refractivity contribution < 1.29 is 14.3 Å². The summed E-state index contributed by atoms with van der Waals surface area (Å²) in [5, 5.41) is 0. The Morgan fingerprint density at radius 2 is 1.34 bits per heavy atom. The molecule has 2 unspecified atom stereocenters. The fourth-order valence-electron chi connectivity index (χ4n) is 5.05. The second-order valence-electron chi connectivity index (χ2n) is 9.72. The van der Waals surface area contributed by atoms with Crippen LogP contribution in [0.1, 0.15) is 127 Å². The molecule has 2 atom stereocenters. The van der Waals surface area contributed by atoms with Gasteiger partial charge in [0, 0.05) is 0 Å². The Labute approximate surface area is 197 Å². The van der Waals surface area contributed by atoms with Crippen LogP contribution in [-0.4, -0.2) is 19.2 Å². The largest absolute Gasteiger partial charge is 0.494 e. The zero-order chi connectivity index (χ0) is 22.9. The molecular formula is C29H48O3. The highest BCUT2D eigenvalue weighted by Gasteiger charge is 2.24. The van der Waals surface area contributed by atoms with Gasteiger partial charge < -0.3 is 9.47 Å². The van der Waals surface area contributed by atoms with Crippen LogP contribution in [0.2, 0.25) is 0 Å². The minimum atomic E-state index is -0.230. The molecule has 0 aromatic heterocycles. The van der Waals surface area contributed by atoms with E-state index in [4.69, 9.17) is 9.47 Å². The first-order valence-electron chi connectivity index (χ1n) is 13.6. The van der Waals surface area contributed by atoms with Gasteiger partial charge in [-0.3, -0.25) is 0 Å². The fraction of sp³-hybridized carbons (Fsp3) is 0.759. The third-order valence-corrected chi connectivity index (χ3v) is 7.05. The van der Waals surface area contributed by atoms with Gasteiger partial charge in [0.05, 0.1) is 18.8 Å². The Morgan fingerprint density at radius 3 is 2.00 bits per heavy atom. The lowest BCUT2D eigenvalue weighted by Gasteiger charge is -2.31. The van der Waals surface area contributed by atoms with Gasteiger partial charge in [0.25, 0.3) is 0 Å². The molecule has 32 heavy (non-hydrogen) atoms. The molecule has 0 spiro atoms. The molecule has 0 heterocycles.